The summed E-state index contributed by atoms with van der Waals surface area (Å²) in [7, 11) is 0. The fourth-order valence-electron chi connectivity index (χ4n) is 6.34. The number of aromatic nitrogens is 1. The number of aromatic amines is 1. The van der Waals surface area contributed by atoms with Crippen molar-refractivity contribution in [1.29, 1.82) is 0 Å². The fourth-order valence-corrected chi connectivity index (χ4v) is 6.34. The maximum Gasteiger partial charge on any atom is 0.227 e. The SMILES string of the molecule is CC(=O)c1[nH]c2c(C(C)=O)c(C(C)=O)c(O)c(C(C)=O)c2c1C(C(C)=O)(C(C)=O)C(C(C)=O)(C(C)=O)N(C(C)=O)C(C)=O.[O]. The first-order valence-electron chi connectivity index (χ1n) is 12.9. The van der Waals surface area contributed by atoms with Crippen LogP contribution in [0.1, 0.15) is 116 Å². The smallest absolute Gasteiger partial charge is 0.227 e. The minimum absolute atomic E-state index is 0. The van der Waals surface area contributed by atoms with Gasteiger partial charge in [0.1, 0.15) is 5.75 Å². The summed E-state index contributed by atoms with van der Waals surface area (Å²) in [6.07, 6.45) is 0. The van der Waals surface area contributed by atoms with Crippen molar-refractivity contribution in [3.05, 3.63) is 27.9 Å². The Balaban J connectivity index is 0.00000968. The van der Waals surface area contributed by atoms with Gasteiger partial charge in [-0.25, -0.2) is 0 Å². The molecule has 2 N–H and O–H groups in total. The van der Waals surface area contributed by atoms with E-state index in [0.717, 1.165) is 69.2 Å². The molecule has 2 aromatic rings. The van der Waals surface area contributed by atoms with Crippen molar-refractivity contribution in [3.63, 3.8) is 0 Å². The van der Waals surface area contributed by atoms with Crippen molar-refractivity contribution in [1.82, 2.24) is 9.88 Å². The summed E-state index contributed by atoms with van der Waals surface area (Å²) in [5, 5.41) is 10.7. The van der Waals surface area contributed by atoms with Crippen LogP contribution in [0.4, 0.5) is 0 Å². The van der Waals surface area contributed by atoms with Crippen LogP contribution in [0.5, 0.6) is 5.75 Å². The van der Waals surface area contributed by atoms with E-state index in [2.05, 4.69) is 4.98 Å². The summed E-state index contributed by atoms with van der Waals surface area (Å²) in [4.78, 5) is 136. The lowest BCUT2D eigenvalue weighted by molar-refractivity contribution is -0.169. The summed E-state index contributed by atoms with van der Waals surface area (Å²) in [6.45, 7) is 8.64. The number of benzene rings is 1. The number of fused-ring (bicyclic) bond motifs is 1. The van der Waals surface area contributed by atoms with E-state index in [1.165, 1.54) is 0 Å². The lowest BCUT2D eigenvalue weighted by Gasteiger charge is -2.49. The van der Waals surface area contributed by atoms with E-state index in [1.807, 2.05) is 0 Å². The molecule has 2 amide bonds. The third-order valence-electron chi connectivity index (χ3n) is 7.59. The summed E-state index contributed by atoms with van der Waals surface area (Å²) in [6, 6.07) is 0. The number of hydrogen-bond acceptors (Lipinski definition) is 11. The Hall–Kier alpha value is -4.98. The van der Waals surface area contributed by atoms with Gasteiger partial charge in [-0.2, -0.15) is 0 Å². The maximum absolute atomic E-state index is 14.0. The van der Waals surface area contributed by atoms with Crippen molar-refractivity contribution in [2.45, 2.75) is 80.2 Å². The standard InChI is InChI=1S/C30H32N2O11.O/c1-11(33)21-22(12(2)34)28(43)23(13(3)35)24-25(26(14(4)36)31-27(21)24)29(15(5)37,16(6)38)30(17(7)39,18(8)40)32(19(9)41)20(10)42;/h31,43H,1-10H3;. The highest BCUT2D eigenvalue weighted by atomic mass is 16.3. The van der Waals surface area contributed by atoms with Gasteiger partial charge in [0, 0.05) is 37.2 Å². The van der Waals surface area contributed by atoms with E-state index in [-0.39, 0.29) is 10.4 Å². The largest absolute Gasteiger partial charge is 0.506 e. The number of aromatic hydroxyl groups is 1. The second kappa shape index (κ2) is 12.3. The second-order valence-electron chi connectivity index (χ2n) is 10.4. The lowest BCUT2D eigenvalue weighted by Crippen LogP contribution is -2.76. The Labute approximate surface area is 251 Å². The minimum atomic E-state index is -3.25. The van der Waals surface area contributed by atoms with Gasteiger partial charge in [0.25, 0.3) is 0 Å². The van der Waals surface area contributed by atoms with Crippen LogP contribution in [-0.2, 0) is 39.7 Å². The van der Waals surface area contributed by atoms with Crippen molar-refractivity contribution in [2.75, 3.05) is 0 Å². The van der Waals surface area contributed by atoms with Crippen LogP contribution >= 0.6 is 0 Å². The number of carbonyl (C=O) groups excluding carboxylic acids is 10. The van der Waals surface area contributed by atoms with Crippen LogP contribution in [0.3, 0.4) is 0 Å². The molecule has 14 heteroatoms. The third kappa shape index (κ3) is 4.80. The number of phenols is 1. The zero-order chi connectivity index (χ0) is 33.7. The van der Waals surface area contributed by atoms with Crippen LogP contribution < -0.4 is 0 Å². The highest BCUT2D eigenvalue weighted by Gasteiger charge is 2.71. The lowest BCUT2D eigenvalue weighted by atomic mass is 9.55. The molecule has 0 aliphatic rings. The number of carbonyl (C=O) groups is 10. The Morgan fingerprint density at radius 3 is 1.23 bits per heavy atom. The number of ketones is 8. The van der Waals surface area contributed by atoms with Gasteiger partial charge in [-0.15, -0.1) is 0 Å². The number of nitrogens with zero attached hydrogens (tertiary/aromatic N) is 1. The second-order valence-corrected chi connectivity index (χ2v) is 10.4. The van der Waals surface area contributed by atoms with Crippen molar-refractivity contribution in [3.8, 4) is 5.75 Å². The molecule has 0 unspecified atom stereocenters. The van der Waals surface area contributed by atoms with E-state index in [1.54, 1.807) is 0 Å². The first-order chi connectivity index (χ1) is 19.6. The van der Waals surface area contributed by atoms with E-state index >= 15 is 0 Å². The highest BCUT2D eigenvalue weighted by Crippen LogP contribution is 2.50. The first-order valence-corrected chi connectivity index (χ1v) is 12.9. The molecule has 2 rings (SSSR count). The molecule has 0 fully saturated rings. The Morgan fingerprint density at radius 1 is 0.568 bits per heavy atom. The molecule has 1 aromatic heterocycles. The molecule has 14 nitrogen and oxygen atoms in total. The molecule has 0 spiro atoms. The van der Waals surface area contributed by atoms with Gasteiger partial charge >= 0.3 is 0 Å². The molecule has 0 atom stereocenters. The zero-order valence-electron chi connectivity index (χ0n) is 25.9. The van der Waals surface area contributed by atoms with Gasteiger partial charge in [0.2, 0.25) is 11.8 Å². The van der Waals surface area contributed by atoms with Gasteiger partial charge in [0.15, 0.2) is 57.2 Å². The van der Waals surface area contributed by atoms with Gasteiger partial charge in [-0.05, 0) is 48.5 Å². The van der Waals surface area contributed by atoms with Crippen LogP contribution in [0.2, 0.25) is 0 Å². The molecule has 1 heterocycles. The molecule has 0 bridgehead atoms. The van der Waals surface area contributed by atoms with Crippen LogP contribution in [0.15, 0.2) is 0 Å². The molecular weight excluding hydrogens is 580 g/mol. The van der Waals surface area contributed by atoms with E-state index < -0.39 is 114 Å². The number of rotatable bonds is 11. The summed E-state index contributed by atoms with van der Waals surface area (Å²) >= 11 is 0. The molecule has 0 saturated carbocycles. The van der Waals surface area contributed by atoms with Crippen LogP contribution in [-0.4, -0.2) is 78.6 Å². The zero-order valence-corrected chi connectivity index (χ0v) is 25.9. The van der Waals surface area contributed by atoms with E-state index in [4.69, 9.17) is 0 Å². The first kappa shape index (κ1) is 37.0. The molecule has 44 heavy (non-hydrogen) atoms. The molecule has 0 aliphatic carbocycles. The minimum Gasteiger partial charge on any atom is -0.506 e. The summed E-state index contributed by atoms with van der Waals surface area (Å²) < 4.78 is 0. The Morgan fingerprint density at radius 2 is 0.955 bits per heavy atom. The summed E-state index contributed by atoms with van der Waals surface area (Å²) in [5.74, 6) is -12.3. The van der Waals surface area contributed by atoms with E-state index in [9.17, 15) is 53.1 Å². The predicted octanol–water partition coefficient (Wildman–Crippen LogP) is 2.29. The van der Waals surface area contributed by atoms with Crippen LogP contribution in [0.25, 0.3) is 10.9 Å². The van der Waals surface area contributed by atoms with Gasteiger partial charge in [-0.3, -0.25) is 52.8 Å². The Kier molecular flexibility index (Phi) is 10.4. The average Bonchev–Trinajstić information content (AvgIpc) is 3.20. The third-order valence-corrected chi connectivity index (χ3v) is 7.59. The number of H-pyrrole nitrogens is 1. The number of imide groups is 1. The molecule has 0 saturated heterocycles. The topological polar surface area (TPSA) is 238 Å². The summed E-state index contributed by atoms with van der Waals surface area (Å²) in [5.41, 5.74) is -10.2. The molecule has 1 aromatic carbocycles. The van der Waals surface area contributed by atoms with Gasteiger partial charge in [-0.1, -0.05) is 0 Å². The van der Waals surface area contributed by atoms with Crippen molar-refractivity contribution in [2.24, 2.45) is 0 Å². The van der Waals surface area contributed by atoms with E-state index in [0.29, 0.717) is 0 Å². The number of phenolic OH excluding ortho intramolecular Hbond substituents is 1. The average molecular weight is 613 g/mol. The maximum atomic E-state index is 14.0. The number of hydrogen-bond donors (Lipinski definition) is 2. The van der Waals surface area contributed by atoms with Crippen molar-refractivity contribution < 1.29 is 58.5 Å². The van der Waals surface area contributed by atoms with Gasteiger partial charge < -0.3 is 10.1 Å². The molecular formula is C30H32N2O12. The Bertz CT molecular complexity index is 1680. The molecule has 234 valence electrons. The monoisotopic (exact) mass is 612 g/mol. The molecule has 2 radical (unpaired) electrons. The predicted molar refractivity (Wildman–Crippen MR) is 151 cm³/mol. The van der Waals surface area contributed by atoms with Crippen LogP contribution in [0, 0.1) is 0 Å². The fraction of sp³-hybridized carbons (Fsp3) is 0.400. The number of Topliss-reactive ketones (excluding diaryl/α,β-unsaturated/α-hetero) is 8. The normalized spacial score (nSPS) is 11.3. The number of nitrogens with one attached hydrogen (secondary N) is 1. The van der Waals surface area contributed by atoms with Gasteiger partial charge in [0.05, 0.1) is 27.9 Å². The molecule has 0 aliphatic heterocycles. The highest BCUT2D eigenvalue weighted by molar-refractivity contribution is 6.33. The number of amides is 2. The quantitative estimate of drug-likeness (QED) is 0.275. The van der Waals surface area contributed by atoms with Crippen molar-refractivity contribution >= 4 is 69.0 Å².